The molecule has 0 aliphatic carbocycles. The van der Waals surface area contributed by atoms with Crippen LogP contribution in [0.4, 0.5) is 0 Å². The van der Waals surface area contributed by atoms with Gasteiger partial charge in [-0.1, -0.05) is 44.2 Å². The van der Waals surface area contributed by atoms with Crippen LogP contribution in [0.15, 0.2) is 30.3 Å². The van der Waals surface area contributed by atoms with Gasteiger partial charge in [0.05, 0.1) is 0 Å². The monoisotopic (exact) mass is 290 g/mol. The van der Waals surface area contributed by atoms with Gasteiger partial charge in [-0.3, -0.25) is 9.59 Å². The summed E-state index contributed by atoms with van der Waals surface area (Å²) in [6, 6.07) is 9.43. The fraction of sp³-hybridized carbons (Fsp3) is 0.529. The minimum Gasteiger partial charge on any atom is -0.352 e. The third-order valence-corrected chi connectivity index (χ3v) is 3.32. The Kier molecular flexibility index (Phi) is 6.92. The van der Waals surface area contributed by atoms with Crippen LogP contribution in [-0.4, -0.2) is 28.8 Å². The smallest absolute Gasteiger partial charge is 0.243 e. The first kappa shape index (κ1) is 17.2. The second-order valence-electron chi connectivity index (χ2n) is 5.45. The summed E-state index contributed by atoms with van der Waals surface area (Å²) in [6.07, 6.45) is 1.01. The second-order valence-corrected chi connectivity index (χ2v) is 5.45. The zero-order valence-electron chi connectivity index (χ0n) is 13.4. The van der Waals surface area contributed by atoms with Gasteiger partial charge in [0.2, 0.25) is 11.8 Å². The third kappa shape index (κ3) is 5.21. The molecule has 0 heterocycles. The van der Waals surface area contributed by atoms with E-state index in [4.69, 9.17) is 0 Å². The first-order valence-electron chi connectivity index (χ1n) is 7.63. The van der Waals surface area contributed by atoms with Crippen LogP contribution in [0.25, 0.3) is 0 Å². The zero-order chi connectivity index (χ0) is 15.8. The predicted molar refractivity (Wildman–Crippen MR) is 84.6 cm³/mol. The standard InChI is InChI=1S/C17H26N2O2/c1-5-15(17(21)18-13(3)4)19(16(20)6-2)12-14-10-8-7-9-11-14/h7-11,13,15H,5-6,12H2,1-4H3,(H,18,21)/t15-/m1/s1. The minimum atomic E-state index is -0.417. The maximum absolute atomic E-state index is 12.3. The summed E-state index contributed by atoms with van der Waals surface area (Å²) in [6.45, 7) is 8.08. The van der Waals surface area contributed by atoms with Gasteiger partial charge in [-0.25, -0.2) is 0 Å². The molecule has 0 fully saturated rings. The molecule has 1 N–H and O–H groups in total. The zero-order valence-corrected chi connectivity index (χ0v) is 13.4. The van der Waals surface area contributed by atoms with E-state index in [2.05, 4.69) is 5.32 Å². The summed E-state index contributed by atoms with van der Waals surface area (Å²) in [5, 5.41) is 2.91. The molecule has 4 heteroatoms. The molecule has 0 saturated carbocycles. The summed E-state index contributed by atoms with van der Waals surface area (Å²) in [5.74, 6) is -0.0742. The average Bonchev–Trinajstić information content (AvgIpc) is 2.46. The van der Waals surface area contributed by atoms with Crippen molar-refractivity contribution >= 4 is 11.8 Å². The van der Waals surface area contributed by atoms with E-state index < -0.39 is 6.04 Å². The Bertz CT molecular complexity index is 457. The van der Waals surface area contributed by atoms with E-state index in [-0.39, 0.29) is 17.9 Å². The molecule has 4 nitrogen and oxygen atoms in total. The molecule has 116 valence electrons. The number of nitrogens with zero attached hydrogens (tertiary/aromatic N) is 1. The largest absolute Gasteiger partial charge is 0.352 e. The number of nitrogens with one attached hydrogen (secondary N) is 1. The molecule has 0 unspecified atom stereocenters. The summed E-state index contributed by atoms with van der Waals surface area (Å²) < 4.78 is 0. The highest BCUT2D eigenvalue weighted by atomic mass is 16.2. The number of carbonyl (C=O) groups is 2. The van der Waals surface area contributed by atoms with Crippen LogP contribution in [0.1, 0.15) is 46.1 Å². The number of carbonyl (C=O) groups excluding carboxylic acids is 2. The van der Waals surface area contributed by atoms with Crippen molar-refractivity contribution in [3.63, 3.8) is 0 Å². The number of amides is 2. The molecule has 0 radical (unpaired) electrons. The molecule has 21 heavy (non-hydrogen) atoms. The van der Waals surface area contributed by atoms with Crippen LogP contribution in [0.2, 0.25) is 0 Å². The Morgan fingerprint density at radius 2 is 1.76 bits per heavy atom. The highest BCUT2D eigenvalue weighted by molar-refractivity contribution is 5.87. The summed E-state index contributed by atoms with van der Waals surface area (Å²) in [4.78, 5) is 26.3. The van der Waals surface area contributed by atoms with Crippen molar-refractivity contribution in [2.24, 2.45) is 0 Å². The van der Waals surface area contributed by atoms with Gasteiger partial charge in [-0.05, 0) is 25.8 Å². The predicted octanol–water partition coefficient (Wildman–Crippen LogP) is 2.73. The van der Waals surface area contributed by atoms with Gasteiger partial charge in [-0.15, -0.1) is 0 Å². The Labute approximate surface area is 127 Å². The molecule has 0 aromatic heterocycles. The first-order chi connectivity index (χ1) is 9.99. The molecule has 1 aromatic carbocycles. The lowest BCUT2D eigenvalue weighted by atomic mass is 10.1. The lowest BCUT2D eigenvalue weighted by Crippen LogP contribution is -2.50. The molecular formula is C17H26N2O2. The minimum absolute atomic E-state index is 0.00427. The van der Waals surface area contributed by atoms with Crippen LogP contribution in [0.3, 0.4) is 0 Å². The fourth-order valence-corrected chi connectivity index (χ4v) is 2.28. The molecule has 0 saturated heterocycles. The Morgan fingerprint density at radius 1 is 1.14 bits per heavy atom. The van der Waals surface area contributed by atoms with Crippen LogP contribution in [-0.2, 0) is 16.1 Å². The maximum atomic E-state index is 12.3. The van der Waals surface area contributed by atoms with Crippen molar-refractivity contribution in [3.05, 3.63) is 35.9 Å². The molecule has 0 spiro atoms. The van der Waals surface area contributed by atoms with E-state index in [1.165, 1.54) is 0 Å². The van der Waals surface area contributed by atoms with Gasteiger partial charge in [-0.2, -0.15) is 0 Å². The van der Waals surface area contributed by atoms with Crippen molar-refractivity contribution in [1.29, 1.82) is 0 Å². The highest BCUT2D eigenvalue weighted by Crippen LogP contribution is 2.13. The van der Waals surface area contributed by atoms with E-state index >= 15 is 0 Å². The lowest BCUT2D eigenvalue weighted by molar-refractivity contribution is -0.141. The van der Waals surface area contributed by atoms with Crippen molar-refractivity contribution in [1.82, 2.24) is 10.2 Å². The van der Waals surface area contributed by atoms with E-state index in [9.17, 15) is 9.59 Å². The Balaban J connectivity index is 2.94. The maximum Gasteiger partial charge on any atom is 0.243 e. The van der Waals surface area contributed by atoms with Crippen LogP contribution in [0.5, 0.6) is 0 Å². The number of hydrogen-bond acceptors (Lipinski definition) is 2. The van der Waals surface area contributed by atoms with Gasteiger partial charge >= 0.3 is 0 Å². The molecule has 0 aliphatic heterocycles. The molecule has 1 aromatic rings. The summed E-state index contributed by atoms with van der Waals surface area (Å²) in [7, 11) is 0. The number of rotatable bonds is 7. The molecule has 2 amide bonds. The van der Waals surface area contributed by atoms with E-state index in [0.29, 0.717) is 19.4 Å². The molecule has 0 bridgehead atoms. The van der Waals surface area contributed by atoms with Crippen LogP contribution < -0.4 is 5.32 Å². The molecular weight excluding hydrogens is 264 g/mol. The van der Waals surface area contributed by atoms with E-state index in [0.717, 1.165) is 5.56 Å². The summed E-state index contributed by atoms with van der Waals surface area (Å²) in [5.41, 5.74) is 1.04. The van der Waals surface area contributed by atoms with Crippen LogP contribution in [0, 0.1) is 0 Å². The van der Waals surface area contributed by atoms with Gasteiger partial charge < -0.3 is 10.2 Å². The third-order valence-electron chi connectivity index (χ3n) is 3.32. The van der Waals surface area contributed by atoms with Crippen LogP contribution >= 0.6 is 0 Å². The highest BCUT2D eigenvalue weighted by Gasteiger charge is 2.27. The van der Waals surface area contributed by atoms with Gasteiger partial charge in [0.1, 0.15) is 6.04 Å². The van der Waals surface area contributed by atoms with E-state index in [1.54, 1.807) is 4.90 Å². The van der Waals surface area contributed by atoms with Crippen molar-refractivity contribution in [2.75, 3.05) is 0 Å². The quantitative estimate of drug-likeness (QED) is 0.839. The fourth-order valence-electron chi connectivity index (χ4n) is 2.28. The first-order valence-corrected chi connectivity index (χ1v) is 7.63. The average molecular weight is 290 g/mol. The Hall–Kier alpha value is -1.84. The van der Waals surface area contributed by atoms with Crippen molar-refractivity contribution < 1.29 is 9.59 Å². The Morgan fingerprint density at radius 3 is 2.24 bits per heavy atom. The number of benzene rings is 1. The molecule has 0 aliphatic rings. The van der Waals surface area contributed by atoms with Gasteiger partial charge in [0.25, 0.3) is 0 Å². The lowest BCUT2D eigenvalue weighted by Gasteiger charge is -2.31. The van der Waals surface area contributed by atoms with Crippen molar-refractivity contribution in [3.8, 4) is 0 Å². The second kappa shape index (κ2) is 8.45. The summed E-state index contributed by atoms with van der Waals surface area (Å²) >= 11 is 0. The number of hydrogen-bond donors (Lipinski definition) is 1. The van der Waals surface area contributed by atoms with Gasteiger partial charge in [0, 0.05) is 19.0 Å². The van der Waals surface area contributed by atoms with Crippen molar-refractivity contribution in [2.45, 2.75) is 59.2 Å². The molecule has 1 atom stereocenters. The SMILES string of the molecule is CCC(=O)N(Cc1ccccc1)[C@H](CC)C(=O)NC(C)C. The topological polar surface area (TPSA) is 49.4 Å². The normalized spacial score (nSPS) is 12.0. The van der Waals surface area contributed by atoms with E-state index in [1.807, 2.05) is 58.0 Å². The van der Waals surface area contributed by atoms with Gasteiger partial charge in [0.15, 0.2) is 0 Å². The molecule has 1 rings (SSSR count).